The van der Waals surface area contributed by atoms with Crippen molar-refractivity contribution in [3.8, 4) is 0 Å². The Labute approximate surface area is 127 Å². The summed E-state index contributed by atoms with van der Waals surface area (Å²) in [7, 11) is 0. The summed E-state index contributed by atoms with van der Waals surface area (Å²) < 4.78 is 43.9. The molecule has 0 saturated carbocycles. The maximum atomic E-state index is 12.9. The molecule has 0 atom stereocenters. The molecular weight excluding hydrogens is 317 g/mol. The van der Waals surface area contributed by atoms with Gasteiger partial charge in [-0.05, 0) is 6.07 Å². The van der Waals surface area contributed by atoms with Gasteiger partial charge < -0.3 is 4.42 Å². The number of benzene rings is 1. The van der Waals surface area contributed by atoms with Gasteiger partial charge in [0, 0.05) is 12.3 Å². The third-order valence-corrected chi connectivity index (χ3v) is 3.70. The van der Waals surface area contributed by atoms with E-state index in [-0.39, 0.29) is 16.3 Å². The number of alkyl halides is 3. The molecular formula is C13H9F3N4OS. The van der Waals surface area contributed by atoms with Crippen LogP contribution in [0.3, 0.4) is 0 Å². The van der Waals surface area contributed by atoms with Crippen molar-refractivity contribution in [2.45, 2.75) is 23.9 Å². The molecule has 0 aliphatic heterocycles. The zero-order chi connectivity index (χ0) is 15.7. The van der Waals surface area contributed by atoms with Gasteiger partial charge in [0.05, 0.1) is 11.3 Å². The molecule has 0 spiro atoms. The number of aromatic nitrogens is 4. The molecule has 9 heteroatoms. The van der Waals surface area contributed by atoms with Crippen LogP contribution < -0.4 is 0 Å². The van der Waals surface area contributed by atoms with Crippen LogP contribution >= 0.6 is 11.8 Å². The lowest BCUT2D eigenvalue weighted by atomic mass is 10.2. The standard InChI is InChI=1S/C13H9F3N4OS/c1-7-19-20-10(21-7)6-22-11-8-4-2-3-5-9(8)17-12(18-11)13(14,15)16/h2-5H,6H2,1H3. The fraction of sp³-hybridized carbons (Fsp3) is 0.231. The van der Waals surface area contributed by atoms with Crippen molar-refractivity contribution >= 4 is 22.7 Å². The average molecular weight is 326 g/mol. The molecule has 114 valence electrons. The largest absolute Gasteiger partial charge is 0.451 e. The summed E-state index contributed by atoms with van der Waals surface area (Å²) >= 11 is 1.10. The molecule has 22 heavy (non-hydrogen) atoms. The predicted molar refractivity (Wildman–Crippen MR) is 73.1 cm³/mol. The van der Waals surface area contributed by atoms with Crippen LogP contribution in [-0.2, 0) is 11.9 Å². The monoisotopic (exact) mass is 326 g/mol. The minimum Gasteiger partial charge on any atom is -0.425 e. The van der Waals surface area contributed by atoms with Gasteiger partial charge in [-0.25, -0.2) is 9.97 Å². The van der Waals surface area contributed by atoms with Crippen LogP contribution in [0.25, 0.3) is 10.9 Å². The van der Waals surface area contributed by atoms with E-state index in [2.05, 4.69) is 20.2 Å². The zero-order valence-electron chi connectivity index (χ0n) is 11.3. The van der Waals surface area contributed by atoms with Gasteiger partial charge in [0.1, 0.15) is 5.03 Å². The highest BCUT2D eigenvalue weighted by molar-refractivity contribution is 7.98. The molecule has 0 aliphatic rings. The Balaban J connectivity index is 1.99. The fourth-order valence-corrected chi connectivity index (χ4v) is 2.67. The summed E-state index contributed by atoms with van der Waals surface area (Å²) in [6, 6.07) is 6.55. The minimum atomic E-state index is -4.60. The van der Waals surface area contributed by atoms with E-state index in [1.54, 1.807) is 25.1 Å². The normalized spacial score (nSPS) is 12.0. The first kappa shape index (κ1) is 14.8. The number of thioether (sulfide) groups is 1. The third-order valence-electron chi connectivity index (χ3n) is 2.72. The fourth-order valence-electron chi connectivity index (χ4n) is 1.81. The summed E-state index contributed by atoms with van der Waals surface area (Å²) in [5.74, 6) is -0.188. The van der Waals surface area contributed by atoms with Crippen LogP contribution in [0.4, 0.5) is 13.2 Å². The van der Waals surface area contributed by atoms with Crippen molar-refractivity contribution in [2.24, 2.45) is 0 Å². The number of nitrogens with zero attached hydrogens (tertiary/aromatic N) is 4. The van der Waals surface area contributed by atoms with Crippen molar-refractivity contribution in [1.29, 1.82) is 0 Å². The summed E-state index contributed by atoms with van der Waals surface area (Å²) in [5.41, 5.74) is 0.244. The van der Waals surface area contributed by atoms with Gasteiger partial charge in [-0.3, -0.25) is 0 Å². The molecule has 0 amide bonds. The molecule has 0 fully saturated rings. The smallest absolute Gasteiger partial charge is 0.425 e. The van der Waals surface area contributed by atoms with E-state index in [4.69, 9.17) is 4.42 Å². The van der Waals surface area contributed by atoms with Crippen molar-refractivity contribution in [3.05, 3.63) is 41.9 Å². The van der Waals surface area contributed by atoms with Crippen molar-refractivity contribution in [3.63, 3.8) is 0 Å². The highest BCUT2D eigenvalue weighted by Crippen LogP contribution is 2.32. The average Bonchev–Trinajstić information content (AvgIpc) is 2.89. The summed E-state index contributed by atoms with van der Waals surface area (Å²) in [4.78, 5) is 7.20. The molecule has 0 aliphatic carbocycles. The number of aryl methyl sites for hydroxylation is 1. The van der Waals surface area contributed by atoms with E-state index in [0.717, 1.165) is 11.8 Å². The highest BCUT2D eigenvalue weighted by atomic mass is 32.2. The van der Waals surface area contributed by atoms with Crippen LogP contribution in [0.2, 0.25) is 0 Å². The third kappa shape index (κ3) is 3.03. The molecule has 0 unspecified atom stereocenters. The van der Waals surface area contributed by atoms with Gasteiger partial charge in [-0.2, -0.15) is 13.2 Å². The van der Waals surface area contributed by atoms with Gasteiger partial charge in [0.15, 0.2) is 0 Å². The topological polar surface area (TPSA) is 64.7 Å². The van der Waals surface area contributed by atoms with Crippen LogP contribution in [-0.4, -0.2) is 20.2 Å². The molecule has 5 nitrogen and oxygen atoms in total. The van der Waals surface area contributed by atoms with Gasteiger partial charge in [-0.1, -0.05) is 30.0 Å². The second kappa shape index (κ2) is 5.56. The Morgan fingerprint density at radius 1 is 1.14 bits per heavy atom. The maximum absolute atomic E-state index is 12.9. The van der Waals surface area contributed by atoms with E-state index in [1.807, 2.05) is 0 Å². The number of halogens is 3. The number of hydrogen-bond acceptors (Lipinski definition) is 6. The number of hydrogen-bond donors (Lipinski definition) is 0. The first-order valence-electron chi connectivity index (χ1n) is 6.19. The summed E-state index contributed by atoms with van der Waals surface area (Å²) in [6.07, 6.45) is -4.60. The summed E-state index contributed by atoms with van der Waals surface area (Å²) in [6.45, 7) is 1.64. The van der Waals surface area contributed by atoms with E-state index in [9.17, 15) is 13.2 Å². The van der Waals surface area contributed by atoms with Crippen molar-refractivity contribution in [2.75, 3.05) is 0 Å². The molecule has 3 rings (SSSR count). The predicted octanol–water partition coefficient (Wildman–Crippen LogP) is 3.63. The van der Waals surface area contributed by atoms with Crippen LogP contribution in [0, 0.1) is 6.92 Å². The number of rotatable bonds is 3. The maximum Gasteiger partial charge on any atom is 0.451 e. The second-order valence-corrected chi connectivity index (χ2v) is 5.33. The van der Waals surface area contributed by atoms with Crippen molar-refractivity contribution in [1.82, 2.24) is 20.2 Å². The minimum absolute atomic E-state index is 0.230. The quantitative estimate of drug-likeness (QED) is 0.541. The van der Waals surface area contributed by atoms with Crippen molar-refractivity contribution < 1.29 is 17.6 Å². The number of para-hydroxylation sites is 1. The Kier molecular flexibility index (Phi) is 3.73. The zero-order valence-corrected chi connectivity index (χ0v) is 12.1. The molecule has 1 aromatic carbocycles. The van der Waals surface area contributed by atoms with E-state index in [0.29, 0.717) is 17.2 Å². The Morgan fingerprint density at radius 3 is 2.59 bits per heavy atom. The molecule has 0 radical (unpaired) electrons. The Morgan fingerprint density at radius 2 is 1.91 bits per heavy atom. The van der Waals surface area contributed by atoms with Gasteiger partial charge in [0.25, 0.3) is 0 Å². The molecule has 0 N–H and O–H groups in total. The second-order valence-electron chi connectivity index (χ2n) is 4.37. The highest BCUT2D eigenvalue weighted by Gasteiger charge is 2.35. The van der Waals surface area contributed by atoms with Gasteiger partial charge in [0.2, 0.25) is 17.6 Å². The molecule has 2 aromatic heterocycles. The van der Waals surface area contributed by atoms with E-state index < -0.39 is 12.0 Å². The SMILES string of the molecule is Cc1nnc(CSc2nc(C(F)(F)F)nc3ccccc23)o1. The lowest BCUT2D eigenvalue weighted by Gasteiger charge is -2.09. The first-order chi connectivity index (χ1) is 10.4. The lowest BCUT2D eigenvalue weighted by molar-refractivity contribution is -0.145. The molecule has 0 saturated heterocycles. The van der Waals surface area contributed by atoms with Crippen LogP contribution in [0.5, 0.6) is 0 Å². The molecule has 0 bridgehead atoms. The van der Waals surface area contributed by atoms with E-state index in [1.165, 1.54) is 6.07 Å². The van der Waals surface area contributed by atoms with Gasteiger partial charge >= 0.3 is 6.18 Å². The van der Waals surface area contributed by atoms with Crippen LogP contribution in [0.15, 0.2) is 33.7 Å². The molecule has 3 aromatic rings. The Bertz CT molecular complexity index is 818. The summed E-state index contributed by atoms with van der Waals surface area (Å²) in [5, 5.41) is 8.27. The lowest BCUT2D eigenvalue weighted by Crippen LogP contribution is -2.11. The molecule has 2 heterocycles. The van der Waals surface area contributed by atoms with Gasteiger partial charge in [-0.15, -0.1) is 10.2 Å². The van der Waals surface area contributed by atoms with E-state index >= 15 is 0 Å². The first-order valence-corrected chi connectivity index (χ1v) is 7.18. The number of fused-ring (bicyclic) bond motifs is 1. The Hall–Kier alpha value is -2.16. The van der Waals surface area contributed by atoms with Crippen LogP contribution in [0.1, 0.15) is 17.6 Å².